The van der Waals surface area contributed by atoms with Crippen LogP contribution in [0.1, 0.15) is 5.56 Å². The minimum Gasteiger partial charge on any atom is -0.445 e. The van der Waals surface area contributed by atoms with Gasteiger partial charge >= 0.3 is 64.3 Å². The molecule has 16 heavy (non-hydrogen) atoms. The molecule has 0 unspecified atom stereocenters. The van der Waals surface area contributed by atoms with Crippen LogP contribution in [0, 0.1) is 0 Å². The SMILES string of the molecule is FCC(F)(F)c1ccc([B-](F)(F)F)cc1.[K+]. The molecule has 84 valence electrons. The van der Waals surface area contributed by atoms with Gasteiger partial charge in [0.25, 0.3) is 0 Å². The summed E-state index contributed by atoms with van der Waals surface area (Å²) in [6.07, 6.45) is 0. The van der Waals surface area contributed by atoms with Gasteiger partial charge in [0, 0.05) is 5.56 Å². The Morgan fingerprint density at radius 2 is 1.44 bits per heavy atom. The fourth-order valence-electron chi connectivity index (χ4n) is 1.02. The van der Waals surface area contributed by atoms with E-state index in [0.29, 0.717) is 24.3 Å². The molecule has 0 radical (unpaired) electrons. The molecule has 0 amide bonds. The van der Waals surface area contributed by atoms with E-state index < -0.39 is 30.6 Å². The van der Waals surface area contributed by atoms with E-state index >= 15 is 0 Å². The number of rotatable bonds is 3. The Hall–Kier alpha value is 0.501. The Bertz CT molecular complexity index is 333. The number of benzene rings is 1. The van der Waals surface area contributed by atoms with Crippen LogP contribution in [-0.2, 0) is 5.92 Å². The van der Waals surface area contributed by atoms with Gasteiger partial charge in [0.15, 0.2) is 6.67 Å². The van der Waals surface area contributed by atoms with E-state index in [-0.39, 0.29) is 51.4 Å². The van der Waals surface area contributed by atoms with Crippen molar-refractivity contribution in [2.45, 2.75) is 5.92 Å². The van der Waals surface area contributed by atoms with Crippen molar-refractivity contribution in [3.8, 4) is 0 Å². The zero-order valence-electron chi connectivity index (χ0n) is 8.36. The van der Waals surface area contributed by atoms with Crippen molar-refractivity contribution in [2.75, 3.05) is 6.67 Å². The van der Waals surface area contributed by atoms with Gasteiger partial charge in [0.2, 0.25) is 0 Å². The molecular formula is C8H6BF6K. The van der Waals surface area contributed by atoms with Gasteiger partial charge in [-0.05, 0) is 0 Å². The average molecular weight is 266 g/mol. The second kappa shape index (κ2) is 5.90. The van der Waals surface area contributed by atoms with Crippen molar-refractivity contribution in [3.05, 3.63) is 29.8 Å². The topological polar surface area (TPSA) is 0 Å². The van der Waals surface area contributed by atoms with Crippen molar-refractivity contribution >= 4 is 12.4 Å². The maximum absolute atomic E-state index is 12.7. The Morgan fingerprint density at radius 1 is 1.00 bits per heavy atom. The predicted octanol–water partition coefficient (Wildman–Crippen LogP) is -0.194. The third kappa shape index (κ3) is 4.06. The van der Waals surface area contributed by atoms with Gasteiger partial charge in [-0.15, -0.1) is 5.46 Å². The van der Waals surface area contributed by atoms with Gasteiger partial charge in [-0.2, -0.15) is 8.78 Å². The van der Waals surface area contributed by atoms with Gasteiger partial charge in [-0.25, -0.2) is 4.39 Å². The van der Waals surface area contributed by atoms with Crippen LogP contribution in [0.25, 0.3) is 0 Å². The average Bonchev–Trinajstić information content (AvgIpc) is 2.17. The van der Waals surface area contributed by atoms with E-state index in [1.54, 1.807) is 0 Å². The van der Waals surface area contributed by atoms with Crippen molar-refractivity contribution < 1.29 is 77.5 Å². The minimum absolute atomic E-state index is 0. The van der Waals surface area contributed by atoms with Crippen LogP contribution in [0.3, 0.4) is 0 Å². The Labute approximate surface area is 131 Å². The quantitative estimate of drug-likeness (QED) is 0.525. The molecule has 0 spiro atoms. The summed E-state index contributed by atoms with van der Waals surface area (Å²) in [7, 11) is 0. The molecular weight excluding hydrogens is 260 g/mol. The first-order valence-electron chi connectivity index (χ1n) is 4.01. The normalized spacial score (nSPS) is 12.1. The number of hydrogen-bond donors (Lipinski definition) is 0. The van der Waals surface area contributed by atoms with Gasteiger partial charge in [0.05, 0.1) is 0 Å². The number of hydrogen-bond acceptors (Lipinski definition) is 0. The van der Waals surface area contributed by atoms with E-state index in [1.165, 1.54) is 0 Å². The molecule has 0 nitrogen and oxygen atoms in total. The summed E-state index contributed by atoms with van der Waals surface area (Å²) in [6, 6.07) is 2.23. The van der Waals surface area contributed by atoms with E-state index in [0.717, 1.165) is 0 Å². The summed E-state index contributed by atoms with van der Waals surface area (Å²) in [5.74, 6) is -3.73. The maximum atomic E-state index is 12.7. The summed E-state index contributed by atoms with van der Waals surface area (Å²) < 4.78 is 73.4. The smallest absolute Gasteiger partial charge is 0.445 e. The monoisotopic (exact) mass is 266 g/mol. The second-order valence-corrected chi connectivity index (χ2v) is 3.03. The van der Waals surface area contributed by atoms with E-state index in [1.807, 2.05) is 0 Å². The van der Waals surface area contributed by atoms with Gasteiger partial charge in [0.1, 0.15) is 0 Å². The molecule has 0 saturated carbocycles. The molecule has 0 atom stereocenters. The predicted molar refractivity (Wildman–Crippen MR) is 45.0 cm³/mol. The summed E-state index contributed by atoms with van der Waals surface area (Å²) in [5.41, 5.74) is -1.73. The first-order valence-corrected chi connectivity index (χ1v) is 4.01. The van der Waals surface area contributed by atoms with Crippen LogP contribution in [0.4, 0.5) is 26.1 Å². The molecule has 0 aliphatic carbocycles. The molecule has 1 aromatic rings. The molecule has 0 bridgehead atoms. The first-order chi connectivity index (χ1) is 6.77. The van der Waals surface area contributed by atoms with Crippen molar-refractivity contribution in [1.82, 2.24) is 0 Å². The minimum atomic E-state index is -5.20. The van der Waals surface area contributed by atoms with Gasteiger partial charge < -0.3 is 12.9 Å². The third-order valence-corrected chi connectivity index (χ3v) is 1.88. The molecule has 0 aliphatic heterocycles. The van der Waals surface area contributed by atoms with Crippen molar-refractivity contribution in [3.63, 3.8) is 0 Å². The van der Waals surface area contributed by atoms with Crippen LogP contribution in [-0.4, -0.2) is 13.7 Å². The number of halogens is 6. The van der Waals surface area contributed by atoms with Crippen molar-refractivity contribution in [1.29, 1.82) is 0 Å². The zero-order valence-corrected chi connectivity index (χ0v) is 11.5. The van der Waals surface area contributed by atoms with Crippen LogP contribution >= 0.6 is 0 Å². The van der Waals surface area contributed by atoms with Gasteiger partial charge in [-0.1, -0.05) is 24.3 Å². The van der Waals surface area contributed by atoms with E-state index in [9.17, 15) is 26.1 Å². The standard InChI is InChI=1S/C8H6BF6.K/c10-5-8(11,12)6-1-3-7(4-2-6)9(13,14)15;/h1-4H,5H2;/q-1;+1. The Kier molecular flexibility index (Phi) is 6.09. The maximum Gasteiger partial charge on any atom is 1.00 e. The summed E-state index contributed by atoms with van der Waals surface area (Å²) in [5, 5.41) is 0. The van der Waals surface area contributed by atoms with Crippen LogP contribution in [0.2, 0.25) is 0 Å². The van der Waals surface area contributed by atoms with E-state index in [2.05, 4.69) is 0 Å². The molecule has 1 rings (SSSR count). The van der Waals surface area contributed by atoms with Crippen molar-refractivity contribution in [2.24, 2.45) is 0 Å². The van der Waals surface area contributed by atoms with Crippen LogP contribution in [0.15, 0.2) is 24.3 Å². The van der Waals surface area contributed by atoms with E-state index in [4.69, 9.17) is 0 Å². The molecule has 0 fully saturated rings. The third-order valence-electron chi connectivity index (χ3n) is 1.88. The van der Waals surface area contributed by atoms with Gasteiger partial charge in [-0.3, -0.25) is 0 Å². The molecule has 0 aromatic heterocycles. The molecule has 0 heterocycles. The fraction of sp³-hybridized carbons (Fsp3) is 0.250. The number of alkyl halides is 3. The Morgan fingerprint density at radius 3 is 1.75 bits per heavy atom. The second-order valence-electron chi connectivity index (χ2n) is 3.03. The summed E-state index contributed by atoms with van der Waals surface area (Å²) in [6.45, 7) is -7.13. The van der Waals surface area contributed by atoms with Crippen LogP contribution in [0.5, 0.6) is 0 Å². The van der Waals surface area contributed by atoms with Crippen LogP contribution < -0.4 is 56.8 Å². The molecule has 0 N–H and O–H groups in total. The molecule has 0 aliphatic rings. The summed E-state index contributed by atoms with van der Waals surface area (Å²) >= 11 is 0. The zero-order chi connectivity index (χ0) is 11.7. The fourth-order valence-corrected chi connectivity index (χ4v) is 1.02. The first kappa shape index (κ1) is 16.5. The largest absolute Gasteiger partial charge is 1.00 e. The molecule has 8 heteroatoms. The molecule has 1 aromatic carbocycles. The summed E-state index contributed by atoms with van der Waals surface area (Å²) in [4.78, 5) is 0. The molecule has 0 saturated heterocycles. The Balaban J connectivity index is 0.00000225.